The molecule has 1 heterocycles. The lowest BCUT2D eigenvalue weighted by Crippen LogP contribution is -2.30. The number of ether oxygens (including phenoxy) is 2. The molecule has 3 N–H and O–H groups in total. The number of aromatic nitrogens is 2. The Bertz CT molecular complexity index is 1230. The maximum atomic E-state index is 12.5. The predicted molar refractivity (Wildman–Crippen MR) is 117 cm³/mol. The second-order valence-corrected chi connectivity index (χ2v) is 8.09. The van der Waals surface area contributed by atoms with Crippen LogP contribution in [-0.2, 0) is 10.0 Å². The molecule has 0 spiro atoms. The molecule has 12 nitrogen and oxygen atoms in total. The van der Waals surface area contributed by atoms with Crippen LogP contribution in [0.25, 0.3) is 0 Å². The number of nitrogens with zero attached hydrogens (tertiary/aromatic N) is 3. The molecule has 0 radical (unpaired) electrons. The Morgan fingerprint density at radius 2 is 1.69 bits per heavy atom. The number of anilines is 3. The number of methoxy groups -OCH3 is 2. The SMILES string of the molecule is COc1ccc(OC)c(Nc2ncnc(NNS(=O)(=O)c3ccc(C)cc3)c2[N+](=O)[O-])c1. The standard InChI is InChI=1S/C19H20N6O6S/c1-12-4-7-14(8-5-12)32(28,29)24-23-19-17(25(26)27)18(20-11-21-19)22-15-10-13(30-2)6-9-16(15)31-3/h4-11,24H,1-3H3,(H2,20,21,22,23). The van der Waals surface area contributed by atoms with Crippen LogP contribution in [0.2, 0.25) is 0 Å². The van der Waals surface area contributed by atoms with Crippen molar-refractivity contribution >= 4 is 33.0 Å². The van der Waals surface area contributed by atoms with Crippen molar-refractivity contribution in [3.05, 3.63) is 64.5 Å². The third kappa shape index (κ3) is 5.01. The maximum Gasteiger partial charge on any atom is 0.354 e. The molecule has 3 rings (SSSR count). The number of hydrogen-bond acceptors (Lipinski definition) is 10. The molecule has 0 saturated carbocycles. The third-order valence-corrected chi connectivity index (χ3v) is 5.56. The number of nitro groups is 1. The number of nitrogens with one attached hydrogen (secondary N) is 3. The molecular formula is C19H20N6O6S. The Labute approximate surface area is 183 Å². The summed E-state index contributed by atoms with van der Waals surface area (Å²) in [5.41, 5.74) is 2.95. The molecule has 168 valence electrons. The largest absolute Gasteiger partial charge is 0.497 e. The number of aryl methyl sites for hydroxylation is 1. The molecule has 3 aromatic rings. The minimum absolute atomic E-state index is 0.0215. The lowest BCUT2D eigenvalue weighted by molar-refractivity contribution is -0.383. The van der Waals surface area contributed by atoms with Gasteiger partial charge < -0.3 is 14.8 Å². The van der Waals surface area contributed by atoms with E-state index in [2.05, 4.69) is 25.5 Å². The van der Waals surface area contributed by atoms with Crippen LogP contribution in [-0.4, -0.2) is 37.5 Å². The van der Waals surface area contributed by atoms with E-state index in [0.717, 1.165) is 11.9 Å². The molecule has 32 heavy (non-hydrogen) atoms. The monoisotopic (exact) mass is 460 g/mol. The number of hydrogen-bond donors (Lipinski definition) is 3. The average molecular weight is 460 g/mol. The molecule has 0 aliphatic heterocycles. The first-order valence-electron chi connectivity index (χ1n) is 9.08. The van der Waals surface area contributed by atoms with E-state index < -0.39 is 20.6 Å². The molecule has 2 aromatic carbocycles. The Morgan fingerprint density at radius 1 is 1.00 bits per heavy atom. The van der Waals surface area contributed by atoms with Crippen LogP contribution in [0.4, 0.5) is 23.0 Å². The van der Waals surface area contributed by atoms with Crippen LogP contribution in [0.3, 0.4) is 0 Å². The van der Waals surface area contributed by atoms with Crippen LogP contribution in [0.5, 0.6) is 11.5 Å². The lowest BCUT2D eigenvalue weighted by Gasteiger charge is -2.14. The average Bonchev–Trinajstić information content (AvgIpc) is 2.77. The third-order valence-electron chi connectivity index (χ3n) is 4.30. The van der Waals surface area contributed by atoms with E-state index in [1.807, 2.05) is 6.92 Å². The summed E-state index contributed by atoms with van der Waals surface area (Å²) in [6.45, 7) is 1.82. The molecule has 0 amide bonds. The molecule has 0 saturated heterocycles. The molecule has 0 fully saturated rings. The van der Waals surface area contributed by atoms with Gasteiger partial charge in [0.1, 0.15) is 17.8 Å². The van der Waals surface area contributed by atoms with Crippen LogP contribution < -0.4 is 25.0 Å². The van der Waals surface area contributed by atoms with Crippen molar-refractivity contribution in [3.8, 4) is 11.5 Å². The van der Waals surface area contributed by atoms with Gasteiger partial charge in [-0.05, 0) is 31.2 Å². The van der Waals surface area contributed by atoms with Gasteiger partial charge in [0.25, 0.3) is 10.0 Å². The van der Waals surface area contributed by atoms with Crippen LogP contribution in [0.15, 0.2) is 53.7 Å². The van der Waals surface area contributed by atoms with E-state index in [4.69, 9.17) is 9.47 Å². The van der Waals surface area contributed by atoms with E-state index in [1.165, 1.54) is 26.4 Å². The zero-order chi connectivity index (χ0) is 23.3. The quantitative estimate of drug-likeness (QED) is 0.320. The summed E-state index contributed by atoms with van der Waals surface area (Å²) in [6, 6.07) is 10.9. The second-order valence-electron chi connectivity index (χ2n) is 6.41. The molecule has 13 heteroatoms. The summed E-state index contributed by atoms with van der Waals surface area (Å²) in [6.07, 6.45) is 1.05. The van der Waals surface area contributed by atoms with Crippen LogP contribution >= 0.6 is 0 Å². The zero-order valence-corrected chi connectivity index (χ0v) is 18.1. The molecule has 0 aliphatic rings. The first-order valence-corrected chi connectivity index (χ1v) is 10.6. The fraction of sp³-hybridized carbons (Fsp3) is 0.158. The van der Waals surface area contributed by atoms with Gasteiger partial charge in [0, 0.05) is 6.07 Å². The number of rotatable bonds is 9. The highest BCUT2D eigenvalue weighted by Gasteiger charge is 2.25. The Hall–Kier alpha value is -3.97. The molecule has 0 atom stereocenters. The number of sulfonamides is 1. The fourth-order valence-corrected chi connectivity index (χ4v) is 3.51. The van der Waals surface area contributed by atoms with E-state index in [9.17, 15) is 18.5 Å². The maximum absolute atomic E-state index is 12.5. The van der Waals surface area contributed by atoms with Gasteiger partial charge >= 0.3 is 5.69 Å². The number of benzene rings is 2. The topological polar surface area (TPSA) is 158 Å². The summed E-state index contributed by atoms with van der Waals surface area (Å²) in [5.74, 6) is 0.321. The highest BCUT2D eigenvalue weighted by atomic mass is 32.2. The highest BCUT2D eigenvalue weighted by Crippen LogP contribution is 2.36. The first-order chi connectivity index (χ1) is 15.2. The van der Waals surface area contributed by atoms with Crippen molar-refractivity contribution in [1.29, 1.82) is 0 Å². The Morgan fingerprint density at radius 3 is 2.31 bits per heavy atom. The van der Waals surface area contributed by atoms with Gasteiger partial charge in [-0.3, -0.25) is 15.5 Å². The lowest BCUT2D eigenvalue weighted by atomic mass is 10.2. The van der Waals surface area contributed by atoms with E-state index in [-0.39, 0.29) is 16.5 Å². The van der Waals surface area contributed by atoms with E-state index in [1.54, 1.807) is 30.3 Å². The van der Waals surface area contributed by atoms with Gasteiger partial charge in [0.05, 0.1) is 29.7 Å². The van der Waals surface area contributed by atoms with Gasteiger partial charge in [-0.25, -0.2) is 18.4 Å². The van der Waals surface area contributed by atoms with Gasteiger partial charge in [-0.15, -0.1) is 4.83 Å². The van der Waals surface area contributed by atoms with Gasteiger partial charge in [-0.2, -0.15) is 0 Å². The number of hydrazine groups is 1. The smallest absolute Gasteiger partial charge is 0.354 e. The van der Waals surface area contributed by atoms with Crippen molar-refractivity contribution < 1.29 is 22.8 Å². The summed E-state index contributed by atoms with van der Waals surface area (Å²) in [5, 5.41) is 14.6. The molecular weight excluding hydrogens is 440 g/mol. The normalized spacial score (nSPS) is 11.0. The summed E-state index contributed by atoms with van der Waals surface area (Å²) >= 11 is 0. The van der Waals surface area contributed by atoms with Crippen molar-refractivity contribution in [3.63, 3.8) is 0 Å². The van der Waals surface area contributed by atoms with E-state index in [0.29, 0.717) is 17.2 Å². The predicted octanol–water partition coefficient (Wildman–Crippen LogP) is 2.76. The molecule has 0 bridgehead atoms. The summed E-state index contributed by atoms with van der Waals surface area (Å²) in [4.78, 5) is 20.8. The molecule has 0 unspecified atom stereocenters. The van der Waals surface area contributed by atoms with Crippen LogP contribution in [0.1, 0.15) is 5.56 Å². The minimum Gasteiger partial charge on any atom is -0.497 e. The highest BCUT2D eigenvalue weighted by molar-refractivity contribution is 7.89. The van der Waals surface area contributed by atoms with Crippen molar-refractivity contribution in [2.45, 2.75) is 11.8 Å². The van der Waals surface area contributed by atoms with Gasteiger partial charge in [0.2, 0.25) is 11.6 Å². The molecule has 0 aliphatic carbocycles. The first kappa shape index (κ1) is 22.7. The van der Waals surface area contributed by atoms with Crippen LogP contribution in [0, 0.1) is 17.0 Å². The fourth-order valence-electron chi connectivity index (χ4n) is 2.67. The second kappa shape index (κ2) is 9.45. The molecule has 1 aromatic heterocycles. The summed E-state index contributed by atoms with van der Waals surface area (Å²) in [7, 11) is -1.10. The zero-order valence-electron chi connectivity index (χ0n) is 17.3. The van der Waals surface area contributed by atoms with Gasteiger partial charge in [-0.1, -0.05) is 17.7 Å². The van der Waals surface area contributed by atoms with Crippen molar-refractivity contribution in [2.75, 3.05) is 25.0 Å². The minimum atomic E-state index is -4.01. The van der Waals surface area contributed by atoms with E-state index >= 15 is 0 Å². The van der Waals surface area contributed by atoms with Crippen molar-refractivity contribution in [1.82, 2.24) is 14.8 Å². The summed E-state index contributed by atoms with van der Waals surface area (Å²) < 4.78 is 35.4. The Kier molecular flexibility index (Phi) is 6.70. The van der Waals surface area contributed by atoms with Crippen molar-refractivity contribution in [2.24, 2.45) is 0 Å². The Balaban J connectivity index is 1.92. The van der Waals surface area contributed by atoms with Gasteiger partial charge in [0.15, 0.2) is 0 Å².